The molecule has 44 heavy (non-hydrogen) atoms. The van der Waals surface area contributed by atoms with Crippen molar-refractivity contribution in [1.29, 1.82) is 0 Å². The summed E-state index contributed by atoms with van der Waals surface area (Å²) < 4.78 is 31.5. The van der Waals surface area contributed by atoms with Crippen molar-refractivity contribution in [2.24, 2.45) is 0 Å². The quantitative estimate of drug-likeness (QED) is 0.101. The molecule has 4 rings (SSSR count). The molecular formula is C34H35F2KN4O3-2. The molecule has 3 N–H and O–H groups in total. The topological polar surface area (TPSA) is 90.5 Å². The maximum atomic E-state index is 16.1. The van der Waals surface area contributed by atoms with E-state index in [9.17, 15) is 14.4 Å². The molecular weight excluding hydrogens is 589 g/mol. The summed E-state index contributed by atoms with van der Waals surface area (Å²) in [6.07, 6.45) is 2.47. The predicted octanol–water partition coefficient (Wildman–Crippen LogP) is 2.41. The molecule has 3 amide bonds. The smallest absolute Gasteiger partial charge is 0.481 e. The molecule has 1 heterocycles. The van der Waals surface area contributed by atoms with E-state index >= 15 is 8.78 Å². The van der Waals surface area contributed by atoms with Crippen molar-refractivity contribution < 1.29 is 74.5 Å². The first kappa shape index (κ1) is 37.2. The fourth-order valence-corrected chi connectivity index (χ4v) is 4.94. The molecule has 0 aliphatic carbocycles. The van der Waals surface area contributed by atoms with Crippen LogP contribution in [0.15, 0.2) is 66.4 Å². The summed E-state index contributed by atoms with van der Waals surface area (Å²) in [5.74, 6) is -1.70. The van der Waals surface area contributed by atoms with Gasteiger partial charge in [-0.2, -0.15) is 6.58 Å². The molecule has 3 aromatic rings. The van der Waals surface area contributed by atoms with Gasteiger partial charge in [0.1, 0.15) is 17.5 Å². The number of amides is 3. The van der Waals surface area contributed by atoms with Crippen LogP contribution in [0.1, 0.15) is 30.0 Å². The summed E-state index contributed by atoms with van der Waals surface area (Å²) in [6.45, 7) is 13.9. The van der Waals surface area contributed by atoms with E-state index in [-0.39, 0.29) is 99.7 Å². The Morgan fingerprint density at radius 1 is 1.16 bits per heavy atom. The zero-order valence-electron chi connectivity index (χ0n) is 25.7. The van der Waals surface area contributed by atoms with Gasteiger partial charge in [0.2, 0.25) is 5.91 Å². The average molecular weight is 625 g/mol. The van der Waals surface area contributed by atoms with Gasteiger partial charge in [-0.15, -0.1) is 11.3 Å². The van der Waals surface area contributed by atoms with E-state index in [1.54, 1.807) is 55.8 Å². The van der Waals surface area contributed by atoms with E-state index in [4.69, 9.17) is 6.58 Å². The van der Waals surface area contributed by atoms with Crippen molar-refractivity contribution in [2.45, 2.75) is 39.3 Å². The van der Waals surface area contributed by atoms with Crippen LogP contribution >= 0.6 is 0 Å². The first-order valence-corrected chi connectivity index (χ1v) is 13.5. The van der Waals surface area contributed by atoms with E-state index in [1.807, 2.05) is 6.92 Å². The minimum Gasteiger partial charge on any atom is -0.481 e. The van der Waals surface area contributed by atoms with Crippen molar-refractivity contribution in [3.63, 3.8) is 0 Å². The molecule has 10 heteroatoms. The number of carbonyl (C=O) groups excluding carboxylic acids is 3. The minimum atomic E-state index is -0.676. The van der Waals surface area contributed by atoms with E-state index in [1.165, 1.54) is 13.1 Å². The molecule has 0 radical (unpaired) electrons. The number of nitrogens with one attached hydrogen (secondary N) is 3. The Labute approximate surface area is 300 Å². The molecule has 0 bridgehead atoms. The van der Waals surface area contributed by atoms with E-state index < -0.39 is 17.5 Å². The Hall–Kier alpha value is -2.99. The first-order valence-electron chi connectivity index (χ1n) is 13.5. The van der Waals surface area contributed by atoms with E-state index in [0.29, 0.717) is 47.3 Å². The van der Waals surface area contributed by atoms with Gasteiger partial charge < -0.3 is 37.9 Å². The van der Waals surface area contributed by atoms with Crippen LogP contribution in [-0.4, -0.2) is 42.8 Å². The Balaban J connectivity index is 0.00000337. The molecule has 0 aromatic heterocycles. The summed E-state index contributed by atoms with van der Waals surface area (Å²) in [5.41, 5.74) is 3.39. The molecule has 0 spiro atoms. The zero-order chi connectivity index (χ0) is 30.6. The number of carbonyl (C=O) groups is 2. The Bertz CT molecular complexity index is 1590. The van der Waals surface area contributed by atoms with Crippen LogP contribution < -0.4 is 67.3 Å². The fraction of sp³-hybridized carbons (Fsp3) is 0.235. The molecule has 1 fully saturated rings. The maximum absolute atomic E-state index is 16.1. The third kappa shape index (κ3) is 8.18. The Morgan fingerprint density at radius 3 is 2.45 bits per heavy atom. The van der Waals surface area contributed by atoms with Crippen molar-refractivity contribution >= 4 is 23.9 Å². The summed E-state index contributed by atoms with van der Waals surface area (Å²) in [4.78, 5) is 36.0. The number of likely N-dealkylation sites (N-methyl/N-ethyl adjacent to an activating group) is 1. The second-order valence-corrected chi connectivity index (χ2v) is 10.1. The van der Waals surface area contributed by atoms with Gasteiger partial charge >= 0.3 is 51.4 Å². The van der Waals surface area contributed by atoms with Gasteiger partial charge in [0, 0.05) is 47.9 Å². The first-order chi connectivity index (χ1) is 20.0. The standard InChI is InChI=1S/C33H32F2N4O3.CH3.K/c1-6-22-13-23(14-29(34)28(22)17-36-24-15-31(41)37-16-24)26-10-7-11-27(32(26)35)25-9-8-12-30(20(25)3)38-33(42)19(2)21(4)39(5)18-40;;/h2,7-14,24,36H,4,6,15-17H2,1,3,5H3,(H,37,41)(H,38,42);1H3;/q-2;-1;+1/t24-;;/m1../s1. The number of aryl methyl sites for hydroxylation is 1. The van der Waals surface area contributed by atoms with Crippen LogP contribution in [0.5, 0.6) is 0 Å². The molecule has 1 saturated heterocycles. The molecule has 1 aliphatic rings. The van der Waals surface area contributed by atoms with E-state index in [2.05, 4.69) is 22.5 Å². The second-order valence-electron chi connectivity index (χ2n) is 10.1. The van der Waals surface area contributed by atoms with Gasteiger partial charge in [-0.1, -0.05) is 43.3 Å². The van der Waals surface area contributed by atoms with Crippen LogP contribution in [0.4, 0.5) is 14.5 Å². The van der Waals surface area contributed by atoms with Gasteiger partial charge in [0.25, 0.3) is 0 Å². The largest absolute Gasteiger partial charge is 1.00 e. The molecule has 1 aliphatic heterocycles. The van der Waals surface area contributed by atoms with Gasteiger partial charge in [0.15, 0.2) is 0 Å². The average Bonchev–Trinajstić information content (AvgIpc) is 3.40. The third-order valence-electron chi connectivity index (χ3n) is 7.49. The normalized spacial score (nSPS) is 13.7. The van der Waals surface area contributed by atoms with Gasteiger partial charge in [-0.25, -0.2) is 15.4 Å². The third-order valence-corrected chi connectivity index (χ3v) is 7.49. The molecule has 226 valence electrons. The number of halogens is 2. The fourth-order valence-electron chi connectivity index (χ4n) is 4.94. The SMILES string of the molecule is [CH-]=C(C(=C)N(C)[C-]=O)C(=O)Nc1cccc(-c2cccc(-c3cc(F)c(CN[C@H]4CNC(=O)C4)c(CC)c3)c2F)c1C.[CH3-].[K+]. The zero-order valence-corrected chi connectivity index (χ0v) is 28.9. The van der Waals surface area contributed by atoms with E-state index in [0.717, 1.165) is 10.5 Å². The molecule has 3 aromatic carbocycles. The number of hydrogen-bond donors (Lipinski definition) is 3. The Kier molecular flexibility index (Phi) is 13.8. The second kappa shape index (κ2) is 16.4. The van der Waals surface area contributed by atoms with Crippen molar-refractivity contribution in [3.05, 3.63) is 109 Å². The van der Waals surface area contributed by atoms with Crippen LogP contribution in [0.3, 0.4) is 0 Å². The van der Waals surface area contributed by atoms with Crippen LogP contribution in [0.2, 0.25) is 0 Å². The molecule has 1 atom stereocenters. The Morgan fingerprint density at radius 2 is 1.82 bits per heavy atom. The summed E-state index contributed by atoms with van der Waals surface area (Å²) in [6, 6.07) is 13.0. The van der Waals surface area contributed by atoms with Gasteiger partial charge in [-0.05, 0) is 54.8 Å². The molecule has 7 nitrogen and oxygen atoms in total. The van der Waals surface area contributed by atoms with Gasteiger partial charge in [-0.3, -0.25) is 4.79 Å². The monoisotopic (exact) mass is 624 g/mol. The summed E-state index contributed by atoms with van der Waals surface area (Å²) in [7, 11) is 1.37. The molecule has 0 unspecified atom stereocenters. The van der Waals surface area contributed by atoms with Crippen LogP contribution in [-0.2, 0) is 27.3 Å². The number of benzene rings is 3. The minimum absolute atomic E-state index is 0. The maximum Gasteiger partial charge on any atom is 1.00 e. The number of hydrogen-bond acceptors (Lipinski definition) is 4. The van der Waals surface area contributed by atoms with Crippen LogP contribution in [0.25, 0.3) is 22.3 Å². The predicted molar refractivity (Wildman–Crippen MR) is 165 cm³/mol. The summed E-state index contributed by atoms with van der Waals surface area (Å²) >= 11 is 0. The number of anilines is 1. The number of rotatable bonds is 11. The summed E-state index contributed by atoms with van der Waals surface area (Å²) in [5, 5.41) is 8.68. The van der Waals surface area contributed by atoms with Crippen molar-refractivity contribution in [1.82, 2.24) is 15.5 Å². The molecule has 0 saturated carbocycles. The van der Waals surface area contributed by atoms with Crippen molar-refractivity contribution in [3.8, 4) is 22.3 Å². The van der Waals surface area contributed by atoms with Gasteiger partial charge in [0.05, 0.1) is 6.41 Å². The van der Waals surface area contributed by atoms with Crippen LogP contribution in [0, 0.1) is 32.6 Å². The number of nitrogens with zero attached hydrogens (tertiary/aromatic N) is 1. The van der Waals surface area contributed by atoms with Crippen molar-refractivity contribution in [2.75, 3.05) is 18.9 Å².